The number of ether oxygens (including phenoxy) is 1. The van der Waals surface area contributed by atoms with Gasteiger partial charge in [0.2, 0.25) is 5.67 Å². The maximum Gasteiger partial charge on any atom is 0.389 e. The molecule has 0 amide bonds. The molecule has 0 saturated carbocycles. The minimum Gasteiger partial charge on any atom is -0.321 e. The van der Waals surface area contributed by atoms with E-state index >= 15 is 0 Å². The van der Waals surface area contributed by atoms with E-state index in [1.165, 1.54) is 0 Å². The van der Waals surface area contributed by atoms with Crippen molar-refractivity contribution in [2.45, 2.75) is 53.3 Å². The highest BCUT2D eigenvalue weighted by molar-refractivity contribution is 4.88. The topological polar surface area (TPSA) is 9.23 Å². The number of rotatable bonds is 5. The molecule has 0 aliphatic rings. The van der Waals surface area contributed by atoms with Gasteiger partial charge < -0.3 is 4.74 Å². The van der Waals surface area contributed by atoms with Crippen LogP contribution in [0.3, 0.4) is 0 Å². The van der Waals surface area contributed by atoms with Gasteiger partial charge in [-0.2, -0.15) is 8.78 Å². The molecule has 0 saturated heterocycles. The molecule has 0 spiro atoms. The standard InChI is InChI=1S/C7H10F6O.3CH4/c1-5(9,7(12,13)14-2)3-6(10,11)4-8;;;/h3-4H2,1-2H3;3*1H4. The summed E-state index contributed by atoms with van der Waals surface area (Å²) in [5.41, 5.74) is -3.61. The maximum atomic E-state index is 13.0. The zero-order chi connectivity index (χ0) is 11.6. The van der Waals surface area contributed by atoms with Crippen LogP contribution < -0.4 is 0 Å². The number of alkyl halides is 6. The molecule has 0 aromatic heterocycles. The molecule has 0 aliphatic heterocycles. The van der Waals surface area contributed by atoms with Crippen molar-refractivity contribution in [1.29, 1.82) is 0 Å². The van der Waals surface area contributed by atoms with Crippen molar-refractivity contribution in [3.8, 4) is 0 Å². The number of hydrogen-bond acceptors (Lipinski definition) is 1. The molecule has 0 N–H and O–H groups in total. The van der Waals surface area contributed by atoms with E-state index in [0.717, 1.165) is 0 Å². The minimum atomic E-state index is -4.37. The SMILES string of the molecule is C.C.C.COC(F)(F)C(C)(F)CC(F)(F)CF. The van der Waals surface area contributed by atoms with Crippen molar-refractivity contribution in [1.82, 2.24) is 0 Å². The van der Waals surface area contributed by atoms with Crippen molar-refractivity contribution in [3.05, 3.63) is 0 Å². The molecule has 110 valence electrons. The first-order valence-corrected chi connectivity index (χ1v) is 3.64. The molecular weight excluding hydrogens is 250 g/mol. The van der Waals surface area contributed by atoms with Crippen LogP contribution in [-0.2, 0) is 4.74 Å². The molecule has 0 aromatic rings. The predicted octanol–water partition coefficient (Wildman–Crippen LogP) is 4.86. The lowest BCUT2D eigenvalue weighted by atomic mass is 9.99. The van der Waals surface area contributed by atoms with Gasteiger partial charge in [-0.3, -0.25) is 0 Å². The maximum absolute atomic E-state index is 13.0. The smallest absolute Gasteiger partial charge is 0.321 e. The lowest BCUT2D eigenvalue weighted by molar-refractivity contribution is -0.305. The Balaban J connectivity index is -0.000000282. The first-order chi connectivity index (χ1) is 6.08. The number of halogens is 6. The average Bonchev–Trinajstić information content (AvgIpc) is 2.02. The van der Waals surface area contributed by atoms with Crippen LogP contribution in [0.4, 0.5) is 26.3 Å². The van der Waals surface area contributed by atoms with Gasteiger partial charge in [0.25, 0.3) is 5.92 Å². The highest BCUT2D eigenvalue weighted by Gasteiger charge is 2.56. The molecule has 7 heteroatoms. The van der Waals surface area contributed by atoms with Crippen LogP contribution in [0.1, 0.15) is 35.6 Å². The van der Waals surface area contributed by atoms with E-state index in [4.69, 9.17) is 0 Å². The fourth-order valence-electron chi connectivity index (χ4n) is 0.849. The van der Waals surface area contributed by atoms with Gasteiger partial charge in [-0.25, -0.2) is 17.6 Å². The van der Waals surface area contributed by atoms with Crippen LogP contribution in [0.15, 0.2) is 0 Å². The summed E-state index contributed by atoms with van der Waals surface area (Å²) in [5.74, 6) is -4.12. The van der Waals surface area contributed by atoms with Crippen molar-refractivity contribution >= 4 is 0 Å². The van der Waals surface area contributed by atoms with E-state index in [0.29, 0.717) is 7.11 Å². The van der Waals surface area contributed by atoms with E-state index in [2.05, 4.69) is 4.74 Å². The van der Waals surface area contributed by atoms with E-state index in [1.807, 2.05) is 0 Å². The highest BCUT2D eigenvalue weighted by Crippen LogP contribution is 2.40. The van der Waals surface area contributed by atoms with Crippen LogP contribution >= 0.6 is 0 Å². The molecule has 1 nitrogen and oxygen atoms in total. The lowest BCUT2D eigenvalue weighted by Crippen LogP contribution is -2.47. The van der Waals surface area contributed by atoms with Gasteiger partial charge in [0, 0.05) is 7.11 Å². The van der Waals surface area contributed by atoms with Gasteiger partial charge in [-0.05, 0) is 6.92 Å². The normalized spacial score (nSPS) is 14.8. The van der Waals surface area contributed by atoms with Gasteiger partial charge in [-0.1, -0.05) is 22.3 Å². The summed E-state index contributed by atoms with van der Waals surface area (Å²) < 4.78 is 77.8. The van der Waals surface area contributed by atoms with E-state index in [1.54, 1.807) is 0 Å². The van der Waals surface area contributed by atoms with Gasteiger partial charge >= 0.3 is 6.11 Å². The monoisotopic (exact) mass is 272 g/mol. The summed E-state index contributed by atoms with van der Waals surface area (Å²) in [6.45, 7) is -1.95. The Morgan fingerprint density at radius 2 is 1.29 bits per heavy atom. The average molecular weight is 272 g/mol. The molecule has 17 heavy (non-hydrogen) atoms. The van der Waals surface area contributed by atoms with Crippen molar-refractivity contribution < 1.29 is 31.1 Å². The largest absolute Gasteiger partial charge is 0.389 e. The van der Waals surface area contributed by atoms with Gasteiger partial charge in [-0.15, -0.1) is 0 Å². The first-order valence-electron chi connectivity index (χ1n) is 3.64. The Morgan fingerprint density at radius 1 is 0.941 bits per heavy atom. The van der Waals surface area contributed by atoms with Gasteiger partial charge in [0.15, 0.2) is 6.67 Å². The van der Waals surface area contributed by atoms with E-state index in [9.17, 15) is 26.3 Å². The minimum absolute atomic E-state index is 0. The molecule has 0 heterocycles. The Morgan fingerprint density at radius 3 is 1.53 bits per heavy atom. The number of hydrogen-bond donors (Lipinski definition) is 0. The van der Waals surface area contributed by atoms with Crippen molar-refractivity contribution in [2.75, 3.05) is 13.8 Å². The number of methoxy groups -OCH3 is 1. The van der Waals surface area contributed by atoms with Gasteiger partial charge in [0.05, 0.1) is 6.42 Å². The molecule has 0 fully saturated rings. The predicted molar refractivity (Wildman–Crippen MR) is 57.2 cm³/mol. The molecular formula is C10H22F6O. The summed E-state index contributed by atoms with van der Waals surface area (Å²) in [5, 5.41) is 0. The molecule has 1 unspecified atom stereocenters. The Labute approximate surface area is 99.1 Å². The van der Waals surface area contributed by atoms with E-state index < -0.39 is 30.8 Å². The summed E-state index contributed by atoms with van der Waals surface area (Å²) in [7, 11) is 0.478. The second-order valence-electron chi connectivity index (χ2n) is 3.08. The molecule has 0 rings (SSSR count). The Kier molecular flexibility index (Phi) is 11.6. The quantitative estimate of drug-likeness (QED) is 0.649. The van der Waals surface area contributed by atoms with Crippen molar-refractivity contribution in [2.24, 2.45) is 0 Å². The van der Waals surface area contributed by atoms with Crippen LogP contribution in [0, 0.1) is 0 Å². The summed E-state index contributed by atoms with van der Waals surface area (Å²) >= 11 is 0. The van der Waals surface area contributed by atoms with Gasteiger partial charge in [0.1, 0.15) is 0 Å². The third-order valence-corrected chi connectivity index (χ3v) is 1.65. The van der Waals surface area contributed by atoms with Crippen molar-refractivity contribution in [3.63, 3.8) is 0 Å². The molecule has 0 bridgehead atoms. The second kappa shape index (κ2) is 7.79. The second-order valence-corrected chi connectivity index (χ2v) is 3.08. The fraction of sp³-hybridized carbons (Fsp3) is 1.00. The fourth-order valence-corrected chi connectivity index (χ4v) is 0.849. The third-order valence-electron chi connectivity index (χ3n) is 1.65. The summed E-state index contributed by atoms with van der Waals surface area (Å²) in [6.07, 6.45) is -6.30. The Bertz CT molecular complexity index is 193. The summed E-state index contributed by atoms with van der Waals surface area (Å²) in [4.78, 5) is 0. The third kappa shape index (κ3) is 6.75. The molecule has 0 radical (unpaired) electrons. The summed E-state index contributed by atoms with van der Waals surface area (Å²) in [6, 6.07) is 0. The van der Waals surface area contributed by atoms with Crippen LogP contribution in [-0.4, -0.2) is 31.5 Å². The zero-order valence-electron chi connectivity index (χ0n) is 7.59. The van der Waals surface area contributed by atoms with Crippen LogP contribution in [0.2, 0.25) is 0 Å². The van der Waals surface area contributed by atoms with Crippen LogP contribution in [0.5, 0.6) is 0 Å². The molecule has 1 atom stereocenters. The first kappa shape index (κ1) is 25.4. The highest BCUT2D eigenvalue weighted by atomic mass is 19.3. The lowest BCUT2D eigenvalue weighted by Gasteiger charge is -2.30. The molecule has 0 aliphatic carbocycles. The zero-order valence-corrected chi connectivity index (χ0v) is 7.59. The Hall–Kier alpha value is -0.460. The van der Waals surface area contributed by atoms with E-state index in [-0.39, 0.29) is 29.2 Å². The molecule has 0 aromatic carbocycles. The van der Waals surface area contributed by atoms with Crippen LogP contribution in [0.25, 0.3) is 0 Å².